The van der Waals surface area contributed by atoms with Crippen LogP contribution in [0.4, 0.5) is 0 Å². The Morgan fingerprint density at radius 3 is 2.07 bits per heavy atom. The predicted molar refractivity (Wildman–Crippen MR) is 114 cm³/mol. The minimum atomic E-state index is -5.14. The molecule has 0 aliphatic rings. The summed E-state index contributed by atoms with van der Waals surface area (Å²) >= 11 is 24.6. The van der Waals surface area contributed by atoms with Gasteiger partial charge in [-0.15, -0.1) is 0 Å². The Balaban J connectivity index is 2.65. The van der Waals surface area contributed by atoms with Gasteiger partial charge in [-0.05, 0) is 48.0 Å². The molecule has 0 aliphatic heterocycles. The zero-order chi connectivity index (χ0) is 21.6. The molecule has 0 aliphatic carbocycles. The van der Waals surface area contributed by atoms with Gasteiger partial charge in [-0.2, -0.15) is 8.42 Å². The molecule has 0 saturated heterocycles. The summed E-state index contributed by atoms with van der Waals surface area (Å²) in [5.74, 6) is -0.905. The maximum absolute atomic E-state index is 13.0. The number of hydrogen-bond acceptors (Lipinski definition) is 4. The van der Waals surface area contributed by atoms with E-state index in [1.54, 1.807) is 0 Å². The van der Waals surface area contributed by atoms with Crippen molar-refractivity contribution in [3.63, 3.8) is 0 Å². The van der Waals surface area contributed by atoms with Crippen LogP contribution in [0.2, 0.25) is 20.1 Å². The molecular weight excluding hydrogens is 482 g/mol. The van der Waals surface area contributed by atoms with Gasteiger partial charge >= 0.3 is 0 Å². The van der Waals surface area contributed by atoms with E-state index in [1.807, 2.05) is 0 Å². The van der Waals surface area contributed by atoms with Gasteiger partial charge in [0.15, 0.2) is 4.75 Å². The third-order valence-corrected chi connectivity index (χ3v) is 6.85. The largest absolute Gasteiger partial charge is 0.508 e. The van der Waals surface area contributed by atoms with Crippen molar-refractivity contribution in [3.05, 3.63) is 91.4 Å². The van der Waals surface area contributed by atoms with Gasteiger partial charge in [0, 0.05) is 26.2 Å². The van der Waals surface area contributed by atoms with Gasteiger partial charge < -0.3 is 10.2 Å². The molecule has 3 aromatic carbocycles. The van der Waals surface area contributed by atoms with E-state index in [9.17, 15) is 23.2 Å². The van der Waals surface area contributed by atoms with Crippen molar-refractivity contribution in [2.45, 2.75) is 4.75 Å². The molecule has 10 heteroatoms. The summed E-state index contributed by atoms with van der Waals surface area (Å²) in [5, 5.41) is 20.4. The van der Waals surface area contributed by atoms with Crippen LogP contribution in [0.15, 0.2) is 54.6 Å². The number of phenolic OH excluding ortho intramolecular Hbond substituents is 2. The fraction of sp³-hybridized carbons (Fsp3) is 0.0526. The molecule has 1 atom stereocenters. The highest BCUT2D eigenvalue weighted by Gasteiger charge is 2.52. The topological polar surface area (TPSA) is 94.8 Å². The maximum atomic E-state index is 13.0. The van der Waals surface area contributed by atoms with Gasteiger partial charge in [0.25, 0.3) is 10.1 Å². The molecule has 29 heavy (non-hydrogen) atoms. The average molecular weight is 494 g/mol. The summed E-state index contributed by atoms with van der Waals surface area (Å²) in [6, 6.07) is 11.4. The summed E-state index contributed by atoms with van der Waals surface area (Å²) in [6.07, 6.45) is 0. The molecule has 3 N–H and O–H groups in total. The second kappa shape index (κ2) is 7.87. The Morgan fingerprint density at radius 2 is 1.48 bits per heavy atom. The normalized spacial score (nSPS) is 13.8. The first-order chi connectivity index (χ1) is 13.5. The lowest BCUT2D eigenvalue weighted by molar-refractivity contribution is 0.439. The molecule has 3 rings (SSSR count). The molecule has 0 spiro atoms. The minimum Gasteiger partial charge on any atom is -0.508 e. The monoisotopic (exact) mass is 492 g/mol. The molecule has 0 heterocycles. The minimum absolute atomic E-state index is 0.0357. The van der Waals surface area contributed by atoms with Crippen LogP contribution in [-0.2, 0) is 14.9 Å². The molecular formula is C19H12Cl4O5S. The van der Waals surface area contributed by atoms with Crippen LogP contribution in [0, 0.1) is 0 Å². The van der Waals surface area contributed by atoms with Gasteiger partial charge in [0.2, 0.25) is 0 Å². The highest BCUT2D eigenvalue weighted by atomic mass is 35.5. The number of aromatic hydroxyl groups is 2. The number of hydrogen-bond donors (Lipinski definition) is 3. The molecule has 0 aromatic heterocycles. The quantitative estimate of drug-likeness (QED) is 0.311. The van der Waals surface area contributed by atoms with E-state index < -0.39 is 26.2 Å². The Bertz CT molecular complexity index is 1190. The molecule has 0 bridgehead atoms. The van der Waals surface area contributed by atoms with Crippen LogP contribution in [0.3, 0.4) is 0 Å². The first kappa shape index (κ1) is 22.0. The van der Waals surface area contributed by atoms with E-state index >= 15 is 0 Å². The Kier molecular flexibility index (Phi) is 5.98. The summed E-state index contributed by atoms with van der Waals surface area (Å²) in [4.78, 5) is 0. The number of phenols is 2. The first-order valence-electron chi connectivity index (χ1n) is 7.89. The number of halogens is 4. The molecule has 0 fully saturated rings. The standard InChI is InChI=1S/C19H12Cl4O5S/c20-11-4-5-15(22)14(7-11)19(29(26,27)28,10-2-1-3-13(24)6-10)18-16(23)8-12(21)9-17(18)25/h1-9,24-25H,(H,26,27,28). The van der Waals surface area contributed by atoms with Crippen LogP contribution in [-0.4, -0.2) is 23.2 Å². The molecule has 5 nitrogen and oxygen atoms in total. The van der Waals surface area contributed by atoms with E-state index in [0.717, 1.165) is 12.1 Å². The third-order valence-electron chi connectivity index (χ3n) is 4.33. The van der Waals surface area contributed by atoms with Crippen molar-refractivity contribution >= 4 is 56.5 Å². The lowest BCUT2D eigenvalue weighted by atomic mass is 9.83. The highest BCUT2D eigenvalue weighted by Crippen LogP contribution is 2.52. The van der Waals surface area contributed by atoms with Gasteiger partial charge in [-0.1, -0.05) is 58.5 Å². The highest BCUT2D eigenvalue weighted by molar-refractivity contribution is 7.87. The van der Waals surface area contributed by atoms with Crippen molar-refractivity contribution in [2.75, 3.05) is 0 Å². The maximum Gasteiger partial charge on any atom is 0.283 e. The molecule has 152 valence electrons. The van der Waals surface area contributed by atoms with E-state index in [0.29, 0.717) is 0 Å². The molecule has 0 radical (unpaired) electrons. The van der Waals surface area contributed by atoms with Crippen LogP contribution in [0.25, 0.3) is 0 Å². The van der Waals surface area contributed by atoms with Gasteiger partial charge in [-0.25, -0.2) is 0 Å². The summed E-state index contributed by atoms with van der Waals surface area (Å²) in [5.41, 5.74) is -0.719. The Morgan fingerprint density at radius 1 is 0.793 bits per heavy atom. The second-order valence-corrected chi connectivity index (χ2v) is 9.36. The Labute approximate surface area is 186 Å². The van der Waals surface area contributed by atoms with Crippen molar-refractivity contribution in [1.29, 1.82) is 0 Å². The van der Waals surface area contributed by atoms with Crippen molar-refractivity contribution in [2.24, 2.45) is 0 Å². The van der Waals surface area contributed by atoms with Crippen LogP contribution >= 0.6 is 46.4 Å². The van der Waals surface area contributed by atoms with Crippen molar-refractivity contribution in [3.8, 4) is 11.5 Å². The molecule has 0 saturated carbocycles. The summed E-state index contributed by atoms with van der Waals surface area (Å²) in [6.45, 7) is 0. The van der Waals surface area contributed by atoms with Crippen molar-refractivity contribution in [1.82, 2.24) is 0 Å². The van der Waals surface area contributed by atoms with E-state index in [2.05, 4.69) is 0 Å². The van der Waals surface area contributed by atoms with Crippen molar-refractivity contribution < 1.29 is 23.2 Å². The fourth-order valence-electron chi connectivity index (χ4n) is 3.25. The van der Waals surface area contributed by atoms with Gasteiger partial charge in [0.05, 0.1) is 5.02 Å². The second-order valence-electron chi connectivity index (χ2n) is 6.11. The van der Waals surface area contributed by atoms with E-state index in [4.69, 9.17) is 46.4 Å². The average Bonchev–Trinajstić information content (AvgIpc) is 2.59. The van der Waals surface area contributed by atoms with Crippen LogP contribution in [0.1, 0.15) is 16.7 Å². The SMILES string of the molecule is O=S(=O)(O)C(c1cccc(O)c1)(c1cc(Cl)ccc1Cl)c1c(O)cc(Cl)cc1Cl. The zero-order valence-electron chi connectivity index (χ0n) is 14.3. The lowest BCUT2D eigenvalue weighted by Crippen LogP contribution is -2.39. The summed E-state index contributed by atoms with van der Waals surface area (Å²) in [7, 11) is -5.14. The molecule has 0 amide bonds. The van der Waals surface area contributed by atoms with Crippen LogP contribution in [0.5, 0.6) is 11.5 Å². The van der Waals surface area contributed by atoms with E-state index in [-0.39, 0.29) is 37.0 Å². The molecule has 1 unspecified atom stereocenters. The lowest BCUT2D eigenvalue weighted by Gasteiger charge is -2.34. The van der Waals surface area contributed by atoms with Gasteiger partial charge in [-0.3, -0.25) is 4.55 Å². The van der Waals surface area contributed by atoms with Crippen LogP contribution < -0.4 is 0 Å². The summed E-state index contributed by atoms with van der Waals surface area (Å²) < 4.78 is 33.9. The molecule has 3 aromatic rings. The van der Waals surface area contributed by atoms with Gasteiger partial charge in [0.1, 0.15) is 11.5 Å². The number of rotatable bonds is 4. The zero-order valence-corrected chi connectivity index (χ0v) is 18.1. The number of benzene rings is 3. The fourth-order valence-corrected chi connectivity index (χ4v) is 5.76. The smallest absolute Gasteiger partial charge is 0.283 e. The first-order valence-corrected chi connectivity index (χ1v) is 10.8. The Hall–Kier alpha value is -1.67. The van der Waals surface area contributed by atoms with E-state index in [1.165, 1.54) is 42.5 Å². The predicted octanol–water partition coefficient (Wildman–Crippen LogP) is 5.89. The third kappa shape index (κ3) is 3.77.